The van der Waals surface area contributed by atoms with E-state index in [9.17, 15) is 9.59 Å². The number of nitrogens with one attached hydrogen (secondary N) is 1. The van der Waals surface area contributed by atoms with Gasteiger partial charge < -0.3 is 10.2 Å². The molecule has 0 aromatic heterocycles. The third kappa shape index (κ3) is 2.77. The van der Waals surface area contributed by atoms with E-state index in [0.717, 1.165) is 45.1 Å². The van der Waals surface area contributed by atoms with Gasteiger partial charge in [-0.15, -0.1) is 0 Å². The van der Waals surface area contributed by atoms with Gasteiger partial charge in [-0.1, -0.05) is 13.8 Å². The first-order chi connectivity index (χ1) is 9.15. The summed E-state index contributed by atoms with van der Waals surface area (Å²) in [5.74, 6) is 0.0485. The standard InChI is InChI=1S/C15H26N2O2/c1-3-10-16-13(18)15(8-9-15)14(19)17-11-6-5-7-12(17)4-2/h12H,3-11H2,1-2H3,(H,16,18). The lowest BCUT2D eigenvalue weighted by Crippen LogP contribution is -2.51. The van der Waals surface area contributed by atoms with Crippen LogP contribution in [0.4, 0.5) is 0 Å². The first-order valence-corrected chi connectivity index (χ1v) is 7.75. The van der Waals surface area contributed by atoms with Crippen molar-refractivity contribution in [3.8, 4) is 0 Å². The Morgan fingerprint density at radius 3 is 2.58 bits per heavy atom. The number of likely N-dealkylation sites (tertiary alicyclic amines) is 1. The molecular weight excluding hydrogens is 240 g/mol. The molecule has 2 amide bonds. The van der Waals surface area contributed by atoms with Gasteiger partial charge in [0.15, 0.2) is 0 Å². The van der Waals surface area contributed by atoms with Crippen LogP contribution in [0.5, 0.6) is 0 Å². The fraction of sp³-hybridized carbons (Fsp3) is 0.867. The molecule has 1 saturated heterocycles. The summed E-state index contributed by atoms with van der Waals surface area (Å²) in [6, 6.07) is 0.345. The highest BCUT2D eigenvalue weighted by Gasteiger charge is 2.58. The molecule has 2 fully saturated rings. The lowest BCUT2D eigenvalue weighted by Gasteiger charge is -2.37. The number of amides is 2. The predicted octanol–water partition coefficient (Wildman–Crippen LogP) is 2.08. The van der Waals surface area contributed by atoms with E-state index in [4.69, 9.17) is 0 Å². The maximum absolute atomic E-state index is 12.7. The minimum absolute atomic E-state index is 0.0419. The van der Waals surface area contributed by atoms with Gasteiger partial charge in [-0.2, -0.15) is 0 Å². The smallest absolute Gasteiger partial charge is 0.238 e. The Hall–Kier alpha value is -1.06. The number of nitrogens with zero attached hydrogens (tertiary/aromatic N) is 1. The Balaban J connectivity index is 2.03. The topological polar surface area (TPSA) is 49.4 Å². The van der Waals surface area contributed by atoms with Crippen LogP contribution in [0.1, 0.15) is 58.8 Å². The maximum atomic E-state index is 12.7. The molecule has 1 atom stereocenters. The number of hydrogen-bond acceptors (Lipinski definition) is 2. The normalized spacial score (nSPS) is 24.9. The third-order valence-corrected chi connectivity index (χ3v) is 4.49. The van der Waals surface area contributed by atoms with Gasteiger partial charge in [-0.25, -0.2) is 0 Å². The summed E-state index contributed by atoms with van der Waals surface area (Å²) in [7, 11) is 0. The van der Waals surface area contributed by atoms with Crippen molar-refractivity contribution in [3.05, 3.63) is 0 Å². The van der Waals surface area contributed by atoms with E-state index < -0.39 is 5.41 Å². The van der Waals surface area contributed by atoms with E-state index in [1.807, 2.05) is 11.8 Å². The Morgan fingerprint density at radius 1 is 1.26 bits per heavy atom. The maximum Gasteiger partial charge on any atom is 0.238 e. The van der Waals surface area contributed by atoms with Crippen LogP contribution in [-0.4, -0.2) is 35.8 Å². The zero-order valence-electron chi connectivity index (χ0n) is 12.2. The number of carbonyl (C=O) groups excluding carboxylic acids is 2. The lowest BCUT2D eigenvalue weighted by atomic mass is 9.95. The fourth-order valence-electron chi connectivity index (χ4n) is 3.04. The number of piperidine rings is 1. The van der Waals surface area contributed by atoms with Crippen LogP contribution in [0.25, 0.3) is 0 Å². The van der Waals surface area contributed by atoms with Crippen molar-refractivity contribution in [2.45, 2.75) is 64.8 Å². The molecule has 1 aliphatic heterocycles. The van der Waals surface area contributed by atoms with Gasteiger partial charge in [0.25, 0.3) is 0 Å². The van der Waals surface area contributed by atoms with Gasteiger partial charge in [0, 0.05) is 19.1 Å². The molecule has 0 radical (unpaired) electrons. The average Bonchev–Trinajstić information content (AvgIpc) is 3.25. The van der Waals surface area contributed by atoms with E-state index in [1.54, 1.807) is 0 Å². The second kappa shape index (κ2) is 5.93. The Morgan fingerprint density at radius 2 is 2.00 bits per heavy atom. The SMILES string of the molecule is CCCNC(=O)C1(C(=O)N2CCCCC2CC)CC1. The summed E-state index contributed by atoms with van der Waals surface area (Å²) in [5, 5.41) is 2.90. The molecule has 4 nitrogen and oxygen atoms in total. The molecule has 0 spiro atoms. The summed E-state index contributed by atoms with van der Waals surface area (Å²) in [5.41, 5.74) is -0.708. The molecule has 108 valence electrons. The van der Waals surface area contributed by atoms with Crippen molar-refractivity contribution in [2.24, 2.45) is 5.41 Å². The molecule has 4 heteroatoms. The second-order valence-corrected chi connectivity index (χ2v) is 5.89. The Labute approximate surface area is 115 Å². The molecular formula is C15H26N2O2. The molecule has 0 aromatic rings. The highest BCUT2D eigenvalue weighted by atomic mass is 16.2. The lowest BCUT2D eigenvalue weighted by molar-refractivity contribution is -0.147. The highest BCUT2D eigenvalue weighted by Crippen LogP contribution is 2.48. The van der Waals surface area contributed by atoms with Gasteiger partial charge in [-0.05, 0) is 44.9 Å². The zero-order chi connectivity index (χ0) is 13.9. The molecule has 0 bridgehead atoms. The Kier molecular flexibility index (Phi) is 4.48. The van der Waals surface area contributed by atoms with Gasteiger partial charge in [0.05, 0.1) is 0 Å². The summed E-state index contributed by atoms with van der Waals surface area (Å²) in [6.07, 6.45) is 6.75. The van der Waals surface area contributed by atoms with Crippen LogP contribution in [0.3, 0.4) is 0 Å². The second-order valence-electron chi connectivity index (χ2n) is 5.89. The molecule has 1 unspecified atom stereocenters. The van der Waals surface area contributed by atoms with E-state index in [1.165, 1.54) is 6.42 Å². The van der Waals surface area contributed by atoms with Crippen molar-refractivity contribution < 1.29 is 9.59 Å². The van der Waals surface area contributed by atoms with Crippen LogP contribution < -0.4 is 5.32 Å². The number of carbonyl (C=O) groups is 2. The van der Waals surface area contributed by atoms with Crippen LogP contribution >= 0.6 is 0 Å². The van der Waals surface area contributed by atoms with Crippen LogP contribution in [0.15, 0.2) is 0 Å². The largest absolute Gasteiger partial charge is 0.355 e. The molecule has 1 heterocycles. The number of hydrogen-bond donors (Lipinski definition) is 1. The Bertz CT molecular complexity index is 350. The van der Waals surface area contributed by atoms with E-state index in [2.05, 4.69) is 12.2 Å². The summed E-state index contributed by atoms with van der Waals surface area (Å²) in [4.78, 5) is 26.9. The molecule has 1 aliphatic carbocycles. The van der Waals surface area contributed by atoms with Gasteiger partial charge in [-0.3, -0.25) is 9.59 Å². The minimum Gasteiger partial charge on any atom is -0.355 e. The van der Waals surface area contributed by atoms with E-state index in [0.29, 0.717) is 12.6 Å². The van der Waals surface area contributed by atoms with Gasteiger partial charge >= 0.3 is 0 Å². The van der Waals surface area contributed by atoms with Gasteiger partial charge in [0.1, 0.15) is 5.41 Å². The molecule has 2 aliphatic rings. The van der Waals surface area contributed by atoms with Crippen LogP contribution in [0.2, 0.25) is 0 Å². The third-order valence-electron chi connectivity index (χ3n) is 4.49. The quantitative estimate of drug-likeness (QED) is 0.775. The first-order valence-electron chi connectivity index (χ1n) is 7.75. The molecule has 1 saturated carbocycles. The van der Waals surface area contributed by atoms with E-state index >= 15 is 0 Å². The van der Waals surface area contributed by atoms with Crippen LogP contribution in [0, 0.1) is 5.41 Å². The van der Waals surface area contributed by atoms with Gasteiger partial charge in [0.2, 0.25) is 11.8 Å². The monoisotopic (exact) mass is 266 g/mol. The van der Waals surface area contributed by atoms with Crippen molar-refractivity contribution in [3.63, 3.8) is 0 Å². The summed E-state index contributed by atoms with van der Waals surface area (Å²) in [6.45, 7) is 5.66. The molecule has 2 rings (SSSR count). The van der Waals surface area contributed by atoms with Crippen molar-refractivity contribution in [1.82, 2.24) is 10.2 Å². The minimum atomic E-state index is -0.708. The summed E-state index contributed by atoms with van der Waals surface area (Å²) < 4.78 is 0. The van der Waals surface area contributed by atoms with Crippen molar-refractivity contribution in [1.29, 1.82) is 0 Å². The molecule has 1 N–H and O–H groups in total. The number of rotatable bonds is 5. The van der Waals surface area contributed by atoms with Crippen molar-refractivity contribution in [2.75, 3.05) is 13.1 Å². The van der Waals surface area contributed by atoms with E-state index in [-0.39, 0.29) is 11.8 Å². The fourth-order valence-corrected chi connectivity index (χ4v) is 3.04. The predicted molar refractivity (Wildman–Crippen MR) is 74.6 cm³/mol. The molecule has 0 aromatic carbocycles. The summed E-state index contributed by atoms with van der Waals surface area (Å²) >= 11 is 0. The van der Waals surface area contributed by atoms with Crippen molar-refractivity contribution >= 4 is 11.8 Å². The highest BCUT2D eigenvalue weighted by molar-refractivity contribution is 6.08. The average molecular weight is 266 g/mol. The van der Waals surface area contributed by atoms with Crippen LogP contribution in [-0.2, 0) is 9.59 Å². The molecule has 19 heavy (non-hydrogen) atoms. The first kappa shape index (κ1) is 14.4. The zero-order valence-corrected chi connectivity index (χ0v) is 12.2.